The molecule has 2 rings (SSSR count). The zero-order valence-corrected chi connectivity index (χ0v) is 13.7. The molecule has 0 aliphatic heterocycles. The summed E-state index contributed by atoms with van der Waals surface area (Å²) in [6.45, 7) is 1.43. The van der Waals surface area contributed by atoms with Gasteiger partial charge in [-0.1, -0.05) is 17.7 Å². The first-order valence-electron chi connectivity index (χ1n) is 7.05. The number of nitrogens with zero attached hydrogens (tertiary/aromatic N) is 1. The molecular formula is C17H12ClF3N2O2. The molecule has 0 aliphatic carbocycles. The normalized spacial score (nSPS) is 12.2. The Labute approximate surface area is 146 Å². The van der Waals surface area contributed by atoms with Crippen molar-refractivity contribution in [2.75, 3.05) is 5.32 Å². The number of nitriles is 1. The summed E-state index contributed by atoms with van der Waals surface area (Å²) in [5, 5.41) is 11.1. The standard InChI is InChI=1S/C17H12ClF3N2O2/c1-10(25-13-4-2-3-11(7-13)9-22)16(24)23-15-8-12(17(19,20)21)5-6-14(15)18/h2-8,10H,1H3,(H,23,24). The maximum atomic E-state index is 12.7. The second kappa shape index (κ2) is 7.45. The Bertz CT molecular complexity index is 831. The molecule has 0 saturated heterocycles. The molecule has 8 heteroatoms. The second-order valence-electron chi connectivity index (χ2n) is 5.08. The van der Waals surface area contributed by atoms with E-state index in [1.807, 2.05) is 6.07 Å². The van der Waals surface area contributed by atoms with Crippen LogP contribution in [0.2, 0.25) is 5.02 Å². The van der Waals surface area contributed by atoms with Gasteiger partial charge in [0, 0.05) is 0 Å². The van der Waals surface area contributed by atoms with Gasteiger partial charge < -0.3 is 10.1 Å². The molecule has 0 spiro atoms. The van der Waals surface area contributed by atoms with Gasteiger partial charge in [-0.05, 0) is 43.3 Å². The van der Waals surface area contributed by atoms with E-state index in [0.29, 0.717) is 5.56 Å². The first-order valence-corrected chi connectivity index (χ1v) is 7.43. The highest BCUT2D eigenvalue weighted by atomic mass is 35.5. The molecule has 1 unspecified atom stereocenters. The molecule has 0 fully saturated rings. The average molecular weight is 369 g/mol. The number of hydrogen-bond acceptors (Lipinski definition) is 3. The van der Waals surface area contributed by atoms with E-state index in [4.69, 9.17) is 21.6 Å². The second-order valence-corrected chi connectivity index (χ2v) is 5.49. The predicted molar refractivity (Wildman–Crippen MR) is 86.3 cm³/mol. The van der Waals surface area contributed by atoms with E-state index in [1.165, 1.54) is 13.0 Å². The van der Waals surface area contributed by atoms with Gasteiger partial charge in [0.15, 0.2) is 6.10 Å². The monoisotopic (exact) mass is 368 g/mol. The summed E-state index contributed by atoms with van der Waals surface area (Å²) in [4.78, 5) is 12.1. The predicted octanol–water partition coefficient (Wildman–Crippen LogP) is 4.64. The van der Waals surface area contributed by atoms with Crippen LogP contribution >= 0.6 is 11.6 Å². The minimum Gasteiger partial charge on any atom is -0.481 e. The number of carbonyl (C=O) groups is 1. The molecule has 0 bridgehead atoms. The van der Waals surface area contributed by atoms with E-state index in [2.05, 4.69) is 5.32 Å². The molecular weight excluding hydrogens is 357 g/mol. The summed E-state index contributed by atoms with van der Waals surface area (Å²) in [7, 11) is 0. The molecule has 2 aromatic carbocycles. The number of benzene rings is 2. The summed E-state index contributed by atoms with van der Waals surface area (Å²) in [5.74, 6) is -0.388. The van der Waals surface area contributed by atoms with Crippen molar-refractivity contribution in [3.05, 3.63) is 58.6 Å². The SMILES string of the molecule is CC(Oc1cccc(C#N)c1)C(=O)Nc1cc(C(F)(F)F)ccc1Cl. The highest BCUT2D eigenvalue weighted by Gasteiger charge is 2.31. The topological polar surface area (TPSA) is 62.1 Å². The fourth-order valence-corrected chi connectivity index (χ4v) is 2.09. The summed E-state index contributed by atoms with van der Waals surface area (Å²) in [6, 6.07) is 10.7. The van der Waals surface area contributed by atoms with E-state index >= 15 is 0 Å². The zero-order chi connectivity index (χ0) is 18.6. The van der Waals surface area contributed by atoms with Gasteiger partial charge in [0.1, 0.15) is 5.75 Å². The number of nitrogens with one attached hydrogen (secondary N) is 1. The van der Waals surface area contributed by atoms with E-state index in [-0.39, 0.29) is 16.5 Å². The van der Waals surface area contributed by atoms with Gasteiger partial charge in [0.05, 0.1) is 27.9 Å². The van der Waals surface area contributed by atoms with Crippen LogP contribution in [-0.2, 0) is 11.0 Å². The van der Waals surface area contributed by atoms with E-state index in [1.54, 1.807) is 18.2 Å². The highest BCUT2D eigenvalue weighted by Crippen LogP contribution is 2.33. The van der Waals surface area contributed by atoms with Crippen molar-refractivity contribution < 1.29 is 22.7 Å². The van der Waals surface area contributed by atoms with Gasteiger partial charge in [0.25, 0.3) is 5.91 Å². The Balaban J connectivity index is 2.12. The Morgan fingerprint density at radius 1 is 1.28 bits per heavy atom. The number of amides is 1. The number of halogens is 4. The van der Waals surface area contributed by atoms with E-state index < -0.39 is 23.8 Å². The number of alkyl halides is 3. The minimum absolute atomic E-state index is 0.0278. The van der Waals surface area contributed by atoms with Crippen molar-refractivity contribution in [2.45, 2.75) is 19.2 Å². The lowest BCUT2D eigenvalue weighted by atomic mass is 10.2. The van der Waals surface area contributed by atoms with Crippen LogP contribution in [0.25, 0.3) is 0 Å². The van der Waals surface area contributed by atoms with Crippen LogP contribution in [-0.4, -0.2) is 12.0 Å². The zero-order valence-electron chi connectivity index (χ0n) is 12.9. The van der Waals surface area contributed by atoms with Crippen molar-refractivity contribution >= 4 is 23.2 Å². The van der Waals surface area contributed by atoms with Crippen LogP contribution in [0, 0.1) is 11.3 Å². The lowest BCUT2D eigenvalue weighted by Gasteiger charge is -2.16. The number of carbonyl (C=O) groups excluding carboxylic acids is 1. The Hall–Kier alpha value is -2.72. The van der Waals surface area contributed by atoms with Crippen LogP contribution in [0.5, 0.6) is 5.75 Å². The molecule has 0 aromatic heterocycles. The summed E-state index contributed by atoms with van der Waals surface area (Å²) in [6.07, 6.45) is -5.57. The van der Waals surface area contributed by atoms with Crippen LogP contribution in [0.15, 0.2) is 42.5 Å². The molecule has 25 heavy (non-hydrogen) atoms. The van der Waals surface area contributed by atoms with Crippen molar-refractivity contribution in [1.82, 2.24) is 0 Å². The molecule has 0 radical (unpaired) electrons. The third-order valence-corrected chi connectivity index (χ3v) is 3.53. The first kappa shape index (κ1) is 18.6. The molecule has 1 amide bonds. The molecule has 1 N–H and O–H groups in total. The van der Waals surface area contributed by atoms with Gasteiger partial charge in [-0.25, -0.2) is 0 Å². The van der Waals surface area contributed by atoms with E-state index in [0.717, 1.165) is 18.2 Å². The quantitative estimate of drug-likeness (QED) is 0.855. The third kappa shape index (κ3) is 4.88. The lowest BCUT2D eigenvalue weighted by molar-refractivity contribution is -0.137. The smallest absolute Gasteiger partial charge is 0.416 e. The summed E-state index contributed by atoms with van der Waals surface area (Å²) < 4.78 is 43.6. The first-order chi connectivity index (χ1) is 11.7. The van der Waals surface area contributed by atoms with Gasteiger partial charge in [-0.2, -0.15) is 18.4 Å². The van der Waals surface area contributed by atoms with E-state index in [9.17, 15) is 18.0 Å². The van der Waals surface area contributed by atoms with Crippen molar-refractivity contribution in [2.24, 2.45) is 0 Å². The summed E-state index contributed by atoms with van der Waals surface area (Å²) in [5.41, 5.74) is -0.740. The largest absolute Gasteiger partial charge is 0.481 e. The van der Waals surface area contributed by atoms with Crippen LogP contribution < -0.4 is 10.1 Å². The van der Waals surface area contributed by atoms with Gasteiger partial charge in [-0.15, -0.1) is 0 Å². The van der Waals surface area contributed by atoms with Gasteiger partial charge in [0.2, 0.25) is 0 Å². The van der Waals surface area contributed by atoms with Crippen molar-refractivity contribution in [3.8, 4) is 11.8 Å². The third-order valence-electron chi connectivity index (χ3n) is 3.20. The molecule has 0 saturated carbocycles. The fraction of sp³-hybridized carbons (Fsp3) is 0.176. The minimum atomic E-state index is -4.55. The Morgan fingerprint density at radius 3 is 2.64 bits per heavy atom. The molecule has 4 nitrogen and oxygen atoms in total. The number of rotatable bonds is 4. The van der Waals surface area contributed by atoms with Gasteiger partial charge >= 0.3 is 6.18 Å². The maximum Gasteiger partial charge on any atom is 0.416 e. The van der Waals surface area contributed by atoms with Crippen molar-refractivity contribution in [3.63, 3.8) is 0 Å². The average Bonchev–Trinajstić information content (AvgIpc) is 2.55. The molecule has 2 aromatic rings. The Kier molecular flexibility index (Phi) is 5.55. The number of hydrogen-bond donors (Lipinski definition) is 1. The van der Waals surface area contributed by atoms with Gasteiger partial charge in [-0.3, -0.25) is 4.79 Å². The summed E-state index contributed by atoms with van der Waals surface area (Å²) >= 11 is 5.84. The lowest BCUT2D eigenvalue weighted by Crippen LogP contribution is -2.30. The Morgan fingerprint density at radius 2 is 2.00 bits per heavy atom. The maximum absolute atomic E-state index is 12.7. The highest BCUT2D eigenvalue weighted by molar-refractivity contribution is 6.33. The van der Waals surface area contributed by atoms with Crippen LogP contribution in [0.3, 0.4) is 0 Å². The molecule has 0 aliphatic rings. The van der Waals surface area contributed by atoms with Crippen LogP contribution in [0.4, 0.5) is 18.9 Å². The van der Waals surface area contributed by atoms with Crippen molar-refractivity contribution in [1.29, 1.82) is 5.26 Å². The van der Waals surface area contributed by atoms with Crippen LogP contribution in [0.1, 0.15) is 18.1 Å². The number of anilines is 1. The fourth-order valence-electron chi connectivity index (χ4n) is 1.93. The molecule has 1 atom stereocenters. The molecule has 130 valence electrons. The molecule has 0 heterocycles. The number of ether oxygens (including phenoxy) is 1.